The zero-order valence-electron chi connectivity index (χ0n) is 15.5. The molecule has 0 N–H and O–H groups in total. The molecule has 0 saturated carbocycles. The van der Waals surface area contributed by atoms with E-state index in [1.165, 1.54) is 18.1 Å². The molecule has 6 nitrogen and oxygen atoms in total. The van der Waals surface area contributed by atoms with Gasteiger partial charge >= 0.3 is 5.97 Å². The second-order valence-electron chi connectivity index (χ2n) is 7.17. The summed E-state index contributed by atoms with van der Waals surface area (Å²) >= 11 is 6.11. The lowest BCUT2D eigenvalue weighted by molar-refractivity contribution is -0.141. The fourth-order valence-electron chi connectivity index (χ4n) is 3.34. The third kappa shape index (κ3) is 4.36. The van der Waals surface area contributed by atoms with Gasteiger partial charge in [-0.05, 0) is 30.5 Å². The molecule has 2 rings (SSSR count). The van der Waals surface area contributed by atoms with Crippen LogP contribution in [-0.4, -0.2) is 42.9 Å². The summed E-state index contributed by atoms with van der Waals surface area (Å²) in [4.78, 5) is 37.6. The number of ether oxygens (including phenoxy) is 2. The summed E-state index contributed by atoms with van der Waals surface area (Å²) in [5, 5.41) is 0.261. The van der Waals surface area contributed by atoms with Crippen LogP contribution in [0, 0.1) is 11.3 Å². The summed E-state index contributed by atoms with van der Waals surface area (Å²) in [6.07, 6.45) is 0.911. The van der Waals surface area contributed by atoms with E-state index in [0.29, 0.717) is 23.7 Å². The molecule has 1 aromatic carbocycles. The number of carbonyl (C=O) groups excluding carboxylic acids is 3. The fraction of sp³-hybridized carbons (Fsp3) is 0.526. The largest absolute Gasteiger partial charge is 0.490 e. The van der Waals surface area contributed by atoms with Gasteiger partial charge in [0.15, 0.2) is 0 Å². The molecule has 1 saturated heterocycles. The van der Waals surface area contributed by atoms with Gasteiger partial charge in [0, 0.05) is 6.42 Å². The predicted octanol–water partition coefficient (Wildman–Crippen LogP) is 3.32. The van der Waals surface area contributed by atoms with Crippen molar-refractivity contribution < 1.29 is 23.9 Å². The van der Waals surface area contributed by atoms with Crippen molar-refractivity contribution in [1.82, 2.24) is 4.90 Å². The van der Waals surface area contributed by atoms with Crippen molar-refractivity contribution in [2.75, 3.05) is 20.3 Å². The molecule has 1 fully saturated rings. The van der Waals surface area contributed by atoms with Crippen LogP contribution in [0.25, 0.3) is 0 Å². The van der Waals surface area contributed by atoms with Gasteiger partial charge in [0.25, 0.3) is 0 Å². The van der Waals surface area contributed by atoms with Gasteiger partial charge in [0.1, 0.15) is 12.4 Å². The first-order chi connectivity index (χ1) is 12.2. The second-order valence-corrected chi connectivity index (χ2v) is 7.58. The Morgan fingerprint density at radius 3 is 2.62 bits per heavy atom. The molecule has 1 atom stereocenters. The first-order valence-electron chi connectivity index (χ1n) is 8.53. The minimum atomic E-state index is -0.634. The van der Waals surface area contributed by atoms with Crippen molar-refractivity contribution in [2.24, 2.45) is 11.3 Å². The second kappa shape index (κ2) is 8.08. The Morgan fingerprint density at radius 1 is 1.35 bits per heavy atom. The molecule has 0 spiro atoms. The normalized spacial score (nSPS) is 20.0. The molecule has 1 aliphatic heterocycles. The molecule has 142 valence electrons. The topological polar surface area (TPSA) is 72.9 Å². The molecule has 0 radical (unpaired) electrons. The third-order valence-corrected chi connectivity index (χ3v) is 4.68. The van der Waals surface area contributed by atoms with Crippen LogP contribution < -0.4 is 4.74 Å². The number of amides is 2. The van der Waals surface area contributed by atoms with Crippen LogP contribution in [0.4, 0.5) is 0 Å². The smallest absolute Gasteiger partial charge is 0.337 e. The number of benzene rings is 1. The molecule has 26 heavy (non-hydrogen) atoms. The Hall–Kier alpha value is -2.08. The zero-order valence-corrected chi connectivity index (χ0v) is 16.3. The van der Waals surface area contributed by atoms with E-state index < -0.39 is 11.4 Å². The number of hydrogen-bond acceptors (Lipinski definition) is 5. The van der Waals surface area contributed by atoms with Gasteiger partial charge in [-0.25, -0.2) is 4.79 Å². The Kier molecular flexibility index (Phi) is 6.29. The number of imide groups is 1. The van der Waals surface area contributed by atoms with E-state index in [4.69, 9.17) is 16.3 Å². The maximum atomic E-state index is 12.6. The summed E-state index contributed by atoms with van der Waals surface area (Å²) in [5.74, 6) is -0.0968. The number of rotatable bonds is 7. The van der Waals surface area contributed by atoms with E-state index >= 15 is 0 Å². The predicted molar refractivity (Wildman–Crippen MR) is 97.2 cm³/mol. The van der Waals surface area contributed by atoms with E-state index in [9.17, 15) is 14.4 Å². The molecule has 1 aliphatic rings. The maximum absolute atomic E-state index is 12.6. The summed E-state index contributed by atoms with van der Waals surface area (Å²) < 4.78 is 10.2. The monoisotopic (exact) mass is 381 g/mol. The molecule has 2 amide bonds. The van der Waals surface area contributed by atoms with Crippen molar-refractivity contribution in [2.45, 2.75) is 33.6 Å². The van der Waals surface area contributed by atoms with E-state index in [2.05, 4.69) is 4.74 Å². The summed E-state index contributed by atoms with van der Waals surface area (Å²) in [5.41, 5.74) is -0.315. The van der Waals surface area contributed by atoms with Crippen LogP contribution in [0.15, 0.2) is 18.2 Å². The molecular formula is C19H24ClNO5. The van der Waals surface area contributed by atoms with Crippen molar-refractivity contribution in [1.29, 1.82) is 0 Å². The van der Waals surface area contributed by atoms with Crippen LogP contribution in [0.2, 0.25) is 5.02 Å². The Labute approximate surface area is 158 Å². The highest BCUT2D eigenvalue weighted by Gasteiger charge is 2.47. The first-order valence-corrected chi connectivity index (χ1v) is 8.91. The van der Waals surface area contributed by atoms with Crippen LogP contribution >= 0.6 is 11.6 Å². The molecule has 1 heterocycles. The average Bonchev–Trinajstić information content (AvgIpc) is 2.77. The van der Waals surface area contributed by atoms with Gasteiger partial charge in [0.05, 0.1) is 29.7 Å². The average molecular weight is 382 g/mol. The number of methoxy groups -OCH3 is 1. The molecule has 0 aliphatic carbocycles. The highest BCUT2D eigenvalue weighted by Crippen LogP contribution is 2.38. The number of carbonyl (C=O) groups is 3. The summed E-state index contributed by atoms with van der Waals surface area (Å²) in [6.45, 7) is 6.22. The number of esters is 1. The number of nitrogens with zero attached hydrogens (tertiary/aromatic N) is 1. The third-order valence-electron chi connectivity index (χ3n) is 4.39. The van der Waals surface area contributed by atoms with Gasteiger partial charge in [-0.15, -0.1) is 0 Å². The zero-order chi connectivity index (χ0) is 19.5. The lowest BCUT2D eigenvalue weighted by Crippen LogP contribution is -2.37. The Balaban J connectivity index is 1.96. The SMILES string of the molecule is COC(=O)c1ccc(OCCN2C(=O)C[C@@](C)(CC(C)C)C2=O)c(Cl)c1. The molecule has 7 heteroatoms. The highest BCUT2D eigenvalue weighted by atomic mass is 35.5. The van der Waals surface area contributed by atoms with Crippen LogP contribution in [0.3, 0.4) is 0 Å². The standard InChI is InChI=1S/C19H24ClNO5/c1-12(2)10-19(3)11-16(22)21(18(19)24)7-8-26-15-6-5-13(9-14(15)20)17(23)25-4/h5-6,9,12H,7-8,10-11H2,1-4H3/t19-/m1/s1. The highest BCUT2D eigenvalue weighted by molar-refractivity contribution is 6.32. The summed E-state index contributed by atoms with van der Waals surface area (Å²) in [6, 6.07) is 4.55. The Morgan fingerprint density at radius 2 is 2.04 bits per heavy atom. The van der Waals surface area contributed by atoms with Gasteiger partial charge in [0.2, 0.25) is 11.8 Å². The van der Waals surface area contributed by atoms with Crippen molar-refractivity contribution in [3.8, 4) is 5.75 Å². The van der Waals surface area contributed by atoms with Crippen molar-refractivity contribution in [3.05, 3.63) is 28.8 Å². The van der Waals surface area contributed by atoms with Crippen LogP contribution in [-0.2, 0) is 14.3 Å². The fourth-order valence-corrected chi connectivity index (χ4v) is 3.58. The maximum Gasteiger partial charge on any atom is 0.337 e. The molecule has 0 unspecified atom stereocenters. The van der Waals surface area contributed by atoms with E-state index in [0.717, 1.165) is 0 Å². The van der Waals surface area contributed by atoms with E-state index in [1.54, 1.807) is 12.1 Å². The summed E-state index contributed by atoms with van der Waals surface area (Å²) in [7, 11) is 1.29. The van der Waals surface area contributed by atoms with Gasteiger partial charge in [-0.3, -0.25) is 14.5 Å². The van der Waals surface area contributed by atoms with Crippen molar-refractivity contribution >= 4 is 29.4 Å². The van der Waals surface area contributed by atoms with Crippen molar-refractivity contribution in [3.63, 3.8) is 0 Å². The lowest BCUT2D eigenvalue weighted by atomic mass is 9.80. The minimum Gasteiger partial charge on any atom is -0.490 e. The lowest BCUT2D eigenvalue weighted by Gasteiger charge is -2.24. The molecular weight excluding hydrogens is 358 g/mol. The quantitative estimate of drug-likeness (QED) is 0.535. The first kappa shape index (κ1) is 20.2. The van der Waals surface area contributed by atoms with Gasteiger partial charge < -0.3 is 9.47 Å². The van der Waals surface area contributed by atoms with Crippen LogP contribution in [0.5, 0.6) is 5.75 Å². The molecule has 1 aromatic rings. The molecule has 0 bridgehead atoms. The van der Waals surface area contributed by atoms with E-state index in [-0.39, 0.29) is 36.4 Å². The number of hydrogen-bond donors (Lipinski definition) is 0. The number of likely N-dealkylation sites (tertiary alicyclic amines) is 1. The minimum absolute atomic E-state index is 0.131. The van der Waals surface area contributed by atoms with Crippen LogP contribution in [0.1, 0.15) is 44.0 Å². The van der Waals surface area contributed by atoms with E-state index in [1.807, 2.05) is 20.8 Å². The Bertz CT molecular complexity index is 718. The number of halogens is 1. The molecule has 0 aromatic heterocycles. The van der Waals surface area contributed by atoms with Gasteiger partial charge in [-0.2, -0.15) is 0 Å². The van der Waals surface area contributed by atoms with Gasteiger partial charge in [-0.1, -0.05) is 32.4 Å².